The van der Waals surface area contributed by atoms with Crippen LogP contribution in [0.3, 0.4) is 0 Å². The van der Waals surface area contributed by atoms with Gasteiger partial charge in [-0.1, -0.05) is 68.4 Å². The van der Waals surface area contributed by atoms with Gasteiger partial charge >= 0.3 is 0 Å². The van der Waals surface area contributed by atoms with E-state index in [2.05, 4.69) is 80.4 Å². The zero-order valence-electron chi connectivity index (χ0n) is 17.7. The van der Waals surface area contributed by atoms with Crippen LogP contribution in [0, 0.1) is 11.3 Å². The van der Waals surface area contributed by atoms with Crippen molar-refractivity contribution >= 4 is 6.29 Å². The van der Waals surface area contributed by atoms with Crippen molar-refractivity contribution in [3.8, 4) is 0 Å². The molecule has 150 valence electrons. The van der Waals surface area contributed by atoms with Crippen LogP contribution in [0.5, 0.6) is 0 Å². The number of likely N-dealkylation sites (N-methyl/N-ethyl adjacent to an activating group) is 1. The van der Waals surface area contributed by atoms with Crippen molar-refractivity contribution in [2.75, 3.05) is 20.1 Å². The highest BCUT2D eigenvalue weighted by Crippen LogP contribution is 2.55. The van der Waals surface area contributed by atoms with Gasteiger partial charge in [-0.2, -0.15) is 0 Å². The third kappa shape index (κ3) is 4.55. The summed E-state index contributed by atoms with van der Waals surface area (Å²) in [5.74, 6) is 0.940. The molecule has 2 heteroatoms. The first-order valence-electron chi connectivity index (χ1n) is 10.8. The van der Waals surface area contributed by atoms with Crippen molar-refractivity contribution in [2.45, 2.75) is 51.9 Å². The molecule has 0 N–H and O–H groups in total. The molecular formula is C26H35NO. The quantitative estimate of drug-likeness (QED) is 0.509. The van der Waals surface area contributed by atoms with E-state index < -0.39 is 0 Å². The number of rotatable bonds is 10. The molecule has 0 heterocycles. The van der Waals surface area contributed by atoms with Crippen LogP contribution < -0.4 is 0 Å². The molecule has 0 spiro atoms. The van der Waals surface area contributed by atoms with Gasteiger partial charge in [0.15, 0.2) is 0 Å². The van der Waals surface area contributed by atoms with Crippen LogP contribution in [0.2, 0.25) is 0 Å². The van der Waals surface area contributed by atoms with Gasteiger partial charge in [0.05, 0.1) is 0 Å². The summed E-state index contributed by atoms with van der Waals surface area (Å²) >= 11 is 0. The second-order valence-corrected chi connectivity index (χ2v) is 8.86. The van der Waals surface area contributed by atoms with E-state index in [1.807, 2.05) is 0 Å². The number of aldehydes is 1. The molecule has 2 aromatic rings. The van der Waals surface area contributed by atoms with Crippen LogP contribution in [-0.2, 0) is 17.6 Å². The van der Waals surface area contributed by atoms with Crippen LogP contribution in [0.15, 0.2) is 54.6 Å². The van der Waals surface area contributed by atoms with Crippen molar-refractivity contribution in [3.63, 3.8) is 0 Å². The lowest BCUT2D eigenvalue weighted by Crippen LogP contribution is -2.34. The van der Waals surface area contributed by atoms with E-state index in [1.54, 1.807) is 0 Å². The van der Waals surface area contributed by atoms with Gasteiger partial charge in [0.25, 0.3) is 0 Å². The van der Waals surface area contributed by atoms with Crippen LogP contribution in [-0.4, -0.2) is 31.3 Å². The Bertz CT molecular complexity index is 754. The van der Waals surface area contributed by atoms with Crippen molar-refractivity contribution in [1.82, 2.24) is 4.90 Å². The Morgan fingerprint density at radius 1 is 1.07 bits per heavy atom. The first-order valence-corrected chi connectivity index (χ1v) is 10.8. The smallest absolute Gasteiger partial charge is 0.120 e. The number of hydrogen-bond acceptors (Lipinski definition) is 2. The lowest BCUT2D eigenvalue weighted by molar-refractivity contribution is -0.109. The van der Waals surface area contributed by atoms with Crippen molar-refractivity contribution in [2.24, 2.45) is 11.3 Å². The summed E-state index contributed by atoms with van der Waals surface area (Å²) in [4.78, 5) is 13.9. The van der Waals surface area contributed by atoms with Crippen molar-refractivity contribution in [3.05, 3.63) is 71.3 Å². The van der Waals surface area contributed by atoms with E-state index >= 15 is 0 Å². The summed E-state index contributed by atoms with van der Waals surface area (Å²) in [5, 5.41) is 0. The predicted molar refractivity (Wildman–Crippen MR) is 118 cm³/mol. The van der Waals surface area contributed by atoms with E-state index in [0.717, 1.165) is 32.2 Å². The number of hydrogen-bond donors (Lipinski definition) is 0. The standard InChI is InChI=1S/C26H35NO/c1-21(2)26(20-23-12-7-8-13-24(23)25(26)15-19-28)16-9-17-27(3)18-14-22-10-5-4-6-11-22/h4-8,10-13,19,21,25H,9,14-18,20H2,1-3H3. The predicted octanol–water partition coefficient (Wildman–Crippen LogP) is 5.51. The molecule has 2 atom stereocenters. The number of fused-ring (bicyclic) bond motifs is 1. The monoisotopic (exact) mass is 377 g/mol. The van der Waals surface area contributed by atoms with E-state index in [0.29, 0.717) is 18.3 Å². The lowest BCUT2D eigenvalue weighted by Gasteiger charge is -2.40. The minimum atomic E-state index is 0.213. The number of benzene rings is 2. The van der Waals surface area contributed by atoms with Crippen LogP contribution in [0.1, 0.15) is 55.7 Å². The molecule has 0 radical (unpaired) electrons. The summed E-state index contributed by atoms with van der Waals surface area (Å²) in [6, 6.07) is 19.5. The minimum Gasteiger partial charge on any atom is -0.306 e. The van der Waals surface area contributed by atoms with E-state index in [-0.39, 0.29) is 5.41 Å². The Hall–Kier alpha value is -1.93. The average molecular weight is 378 g/mol. The molecule has 0 bridgehead atoms. The highest BCUT2D eigenvalue weighted by molar-refractivity contribution is 5.54. The minimum absolute atomic E-state index is 0.213. The van der Waals surface area contributed by atoms with E-state index in [4.69, 9.17) is 0 Å². The summed E-state index contributed by atoms with van der Waals surface area (Å²) in [6.45, 7) is 6.91. The summed E-state index contributed by atoms with van der Waals surface area (Å²) in [7, 11) is 2.23. The fourth-order valence-electron chi connectivity index (χ4n) is 5.19. The fraction of sp³-hybridized carbons (Fsp3) is 0.500. The second kappa shape index (κ2) is 9.52. The molecule has 28 heavy (non-hydrogen) atoms. The second-order valence-electron chi connectivity index (χ2n) is 8.86. The van der Waals surface area contributed by atoms with Gasteiger partial charge in [-0.3, -0.25) is 0 Å². The van der Waals surface area contributed by atoms with Gasteiger partial charge in [-0.15, -0.1) is 0 Å². The Labute approximate surface area is 171 Å². The summed E-state index contributed by atoms with van der Waals surface area (Å²) in [5.41, 5.74) is 4.50. The average Bonchev–Trinajstić information content (AvgIpc) is 3.02. The largest absolute Gasteiger partial charge is 0.306 e. The molecule has 0 saturated heterocycles. The van der Waals surface area contributed by atoms with Gasteiger partial charge < -0.3 is 9.69 Å². The molecule has 0 saturated carbocycles. The number of carbonyl (C=O) groups is 1. The van der Waals surface area contributed by atoms with Crippen LogP contribution in [0.4, 0.5) is 0 Å². The van der Waals surface area contributed by atoms with E-state index in [1.165, 1.54) is 29.5 Å². The highest BCUT2D eigenvalue weighted by atomic mass is 16.1. The summed E-state index contributed by atoms with van der Waals surface area (Å²) in [6.07, 6.45) is 6.38. The highest BCUT2D eigenvalue weighted by Gasteiger charge is 2.46. The first kappa shape index (κ1) is 20.8. The van der Waals surface area contributed by atoms with Crippen LogP contribution in [0.25, 0.3) is 0 Å². The molecule has 3 rings (SSSR count). The molecule has 0 amide bonds. The third-order valence-corrected chi connectivity index (χ3v) is 6.93. The van der Waals surface area contributed by atoms with Gasteiger partial charge in [0, 0.05) is 13.0 Å². The molecule has 1 aliphatic rings. The fourth-order valence-corrected chi connectivity index (χ4v) is 5.19. The number of nitrogens with zero attached hydrogens (tertiary/aromatic N) is 1. The zero-order valence-corrected chi connectivity index (χ0v) is 17.7. The molecule has 2 aromatic carbocycles. The van der Waals surface area contributed by atoms with E-state index in [9.17, 15) is 4.79 Å². The van der Waals surface area contributed by atoms with Crippen LogP contribution >= 0.6 is 0 Å². The van der Waals surface area contributed by atoms with Crippen molar-refractivity contribution < 1.29 is 4.79 Å². The molecule has 2 unspecified atom stereocenters. The molecule has 1 aliphatic carbocycles. The summed E-state index contributed by atoms with van der Waals surface area (Å²) < 4.78 is 0. The van der Waals surface area contributed by atoms with Gasteiger partial charge in [-0.25, -0.2) is 0 Å². The normalized spacial score (nSPS) is 21.2. The maximum absolute atomic E-state index is 11.5. The van der Waals surface area contributed by atoms with Gasteiger partial charge in [0.2, 0.25) is 0 Å². The third-order valence-electron chi connectivity index (χ3n) is 6.93. The molecule has 0 aliphatic heterocycles. The topological polar surface area (TPSA) is 20.3 Å². The molecule has 2 nitrogen and oxygen atoms in total. The Morgan fingerprint density at radius 2 is 1.79 bits per heavy atom. The Morgan fingerprint density at radius 3 is 2.50 bits per heavy atom. The SMILES string of the molecule is CC(C)C1(CCCN(C)CCc2ccccc2)Cc2ccccc2C1CC=O. The lowest BCUT2D eigenvalue weighted by atomic mass is 9.64. The molecular weight excluding hydrogens is 342 g/mol. The van der Waals surface area contributed by atoms with Crippen molar-refractivity contribution in [1.29, 1.82) is 0 Å². The maximum atomic E-state index is 11.5. The maximum Gasteiger partial charge on any atom is 0.120 e. The Kier molecular flexibility index (Phi) is 7.07. The first-order chi connectivity index (χ1) is 13.6. The zero-order chi connectivity index (χ0) is 20.0. The molecule has 0 fully saturated rings. The Balaban J connectivity index is 1.61. The van der Waals surface area contributed by atoms with Gasteiger partial charge in [0.1, 0.15) is 6.29 Å². The van der Waals surface area contributed by atoms with Gasteiger partial charge in [-0.05, 0) is 73.2 Å². The molecule has 0 aromatic heterocycles. The number of carbonyl (C=O) groups excluding carboxylic acids is 1.